The molecule has 0 saturated carbocycles. The van der Waals surface area contributed by atoms with Gasteiger partial charge in [0.25, 0.3) is 0 Å². The predicted octanol–water partition coefficient (Wildman–Crippen LogP) is 0.473. The molecule has 0 aromatic rings. The molecule has 2 aliphatic heterocycles. The van der Waals surface area contributed by atoms with Crippen LogP contribution in [0.4, 0.5) is 0 Å². The summed E-state index contributed by atoms with van der Waals surface area (Å²) in [4.78, 5) is 23.2. The molecule has 2 rings (SSSR count). The maximum Gasteiger partial charge on any atom is 0.219 e. The third-order valence-corrected chi connectivity index (χ3v) is 5.07. The highest BCUT2D eigenvalue weighted by molar-refractivity contribution is 5.80. The lowest BCUT2D eigenvalue weighted by Gasteiger charge is -2.38. The van der Waals surface area contributed by atoms with E-state index < -0.39 is 0 Å². The van der Waals surface area contributed by atoms with Crippen molar-refractivity contribution < 1.29 is 9.53 Å². The number of hydrogen-bond donors (Lipinski definition) is 1. The van der Waals surface area contributed by atoms with E-state index in [9.17, 15) is 4.79 Å². The van der Waals surface area contributed by atoms with Gasteiger partial charge in [-0.05, 0) is 12.8 Å². The molecule has 2 saturated heterocycles. The zero-order valence-corrected chi connectivity index (χ0v) is 16.3. The van der Waals surface area contributed by atoms with Crippen molar-refractivity contribution in [1.82, 2.24) is 20.0 Å². The molecule has 7 heteroatoms. The minimum absolute atomic E-state index is 0.161. The summed E-state index contributed by atoms with van der Waals surface area (Å²) in [6.45, 7) is 16.8. The second kappa shape index (κ2) is 9.97. The largest absolute Gasteiger partial charge is 0.379 e. The average molecular weight is 354 g/mol. The Morgan fingerprint density at radius 1 is 1.08 bits per heavy atom. The molecule has 2 heterocycles. The zero-order chi connectivity index (χ0) is 18.2. The lowest BCUT2D eigenvalue weighted by Crippen LogP contribution is -2.54. The first kappa shape index (κ1) is 20.0. The summed E-state index contributed by atoms with van der Waals surface area (Å²) in [5.74, 6) is 1.69. The van der Waals surface area contributed by atoms with Gasteiger partial charge in [0.2, 0.25) is 5.91 Å². The van der Waals surface area contributed by atoms with Crippen molar-refractivity contribution >= 4 is 11.9 Å². The van der Waals surface area contributed by atoms with E-state index in [2.05, 4.69) is 35.9 Å². The molecule has 0 aromatic heterocycles. The molecule has 1 unspecified atom stereocenters. The number of hydrogen-bond acceptors (Lipinski definition) is 4. The Balaban J connectivity index is 1.98. The molecular weight excluding hydrogens is 318 g/mol. The maximum atomic E-state index is 11.5. The number of piperazine rings is 1. The van der Waals surface area contributed by atoms with Crippen molar-refractivity contribution in [3.05, 3.63) is 0 Å². The quantitative estimate of drug-likeness (QED) is 0.575. The molecule has 7 nitrogen and oxygen atoms in total. The van der Waals surface area contributed by atoms with Gasteiger partial charge in [0, 0.05) is 58.8 Å². The van der Waals surface area contributed by atoms with Crippen LogP contribution < -0.4 is 5.32 Å². The molecule has 2 fully saturated rings. The molecule has 25 heavy (non-hydrogen) atoms. The van der Waals surface area contributed by atoms with Gasteiger partial charge in [0.15, 0.2) is 5.96 Å². The highest BCUT2D eigenvalue weighted by Crippen LogP contribution is 2.14. The fraction of sp³-hybridized carbons (Fsp3) is 0.889. The van der Waals surface area contributed by atoms with E-state index in [-0.39, 0.29) is 5.91 Å². The van der Waals surface area contributed by atoms with Crippen LogP contribution in [0.2, 0.25) is 0 Å². The smallest absolute Gasteiger partial charge is 0.219 e. The van der Waals surface area contributed by atoms with Crippen LogP contribution in [0.15, 0.2) is 4.99 Å². The van der Waals surface area contributed by atoms with E-state index in [0.29, 0.717) is 12.0 Å². The number of ether oxygens (including phenoxy) is 1. The van der Waals surface area contributed by atoms with Crippen molar-refractivity contribution in [2.75, 3.05) is 65.6 Å². The Hall–Kier alpha value is -1.34. The molecular formula is C18H35N5O2. The van der Waals surface area contributed by atoms with Crippen LogP contribution in [0, 0.1) is 5.92 Å². The van der Waals surface area contributed by atoms with Crippen LogP contribution in [0.5, 0.6) is 0 Å². The number of guanidine groups is 1. The minimum Gasteiger partial charge on any atom is -0.379 e. The molecule has 2 aliphatic rings. The first-order chi connectivity index (χ1) is 12.0. The zero-order valence-electron chi connectivity index (χ0n) is 16.3. The van der Waals surface area contributed by atoms with Crippen LogP contribution in [0.25, 0.3) is 0 Å². The number of morpholine rings is 1. The van der Waals surface area contributed by atoms with Crippen LogP contribution in [0.3, 0.4) is 0 Å². The van der Waals surface area contributed by atoms with E-state index in [1.807, 2.05) is 4.90 Å². The highest BCUT2D eigenvalue weighted by atomic mass is 16.5. The number of aliphatic imine (C=N–C) groups is 1. The summed E-state index contributed by atoms with van der Waals surface area (Å²) in [6, 6.07) is 0.441. The molecule has 0 aromatic carbocycles. The molecule has 1 amide bonds. The first-order valence-corrected chi connectivity index (χ1v) is 9.63. The number of nitrogens with zero attached hydrogens (tertiary/aromatic N) is 4. The van der Waals surface area contributed by atoms with Gasteiger partial charge in [0.1, 0.15) is 0 Å². The van der Waals surface area contributed by atoms with Gasteiger partial charge in [-0.15, -0.1) is 0 Å². The SMILES string of the molecule is CCNC(=NCC(C(C)C)N1CCOCC1)N1CCN(C(C)=O)CC1. The van der Waals surface area contributed by atoms with Crippen LogP contribution in [-0.4, -0.2) is 98.2 Å². The van der Waals surface area contributed by atoms with Crippen LogP contribution in [0.1, 0.15) is 27.7 Å². The Kier molecular flexibility index (Phi) is 7.96. The average Bonchev–Trinajstić information content (AvgIpc) is 2.61. The maximum absolute atomic E-state index is 11.5. The summed E-state index contributed by atoms with van der Waals surface area (Å²) in [5.41, 5.74) is 0. The van der Waals surface area contributed by atoms with Gasteiger partial charge in [-0.2, -0.15) is 0 Å². The topological polar surface area (TPSA) is 60.4 Å². The van der Waals surface area contributed by atoms with E-state index in [4.69, 9.17) is 9.73 Å². The van der Waals surface area contributed by atoms with Gasteiger partial charge < -0.3 is 19.9 Å². The van der Waals surface area contributed by atoms with Crippen molar-refractivity contribution in [3.8, 4) is 0 Å². The van der Waals surface area contributed by atoms with E-state index in [1.54, 1.807) is 6.92 Å². The van der Waals surface area contributed by atoms with Gasteiger partial charge in [-0.1, -0.05) is 13.8 Å². The third kappa shape index (κ3) is 5.85. The summed E-state index contributed by atoms with van der Waals surface area (Å²) >= 11 is 0. The van der Waals surface area contributed by atoms with Gasteiger partial charge in [-0.25, -0.2) is 0 Å². The molecule has 0 spiro atoms. The van der Waals surface area contributed by atoms with Gasteiger partial charge >= 0.3 is 0 Å². The molecule has 0 bridgehead atoms. The number of carbonyl (C=O) groups excluding carboxylic acids is 1. The van der Waals surface area contributed by atoms with Gasteiger partial charge in [0.05, 0.1) is 19.8 Å². The van der Waals surface area contributed by atoms with E-state index in [1.165, 1.54) is 0 Å². The van der Waals surface area contributed by atoms with Crippen molar-refractivity contribution in [1.29, 1.82) is 0 Å². The molecule has 1 atom stereocenters. The van der Waals surface area contributed by atoms with E-state index in [0.717, 1.165) is 71.5 Å². The Labute approximate surface area is 152 Å². The Morgan fingerprint density at radius 2 is 1.68 bits per heavy atom. The normalized spacial score (nSPS) is 21.6. The number of rotatable bonds is 5. The fourth-order valence-electron chi connectivity index (χ4n) is 3.50. The molecule has 144 valence electrons. The summed E-state index contributed by atoms with van der Waals surface area (Å²) in [6.07, 6.45) is 0. The highest BCUT2D eigenvalue weighted by Gasteiger charge is 2.25. The lowest BCUT2D eigenvalue weighted by atomic mass is 10.0. The van der Waals surface area contributed by atoms with Crippen molar-refractivity contribution in [3.63, 3.8) is 0 Å². The Morgan fingerprint density at radius 3 is 2.20 bits per heavy atom. The van der Waals surface area contributed by atoms with Crippen LogP contribution in [-0.2, 0) is 9.53 Å². The monoisotopic (exact) mass is 353 g/mol. The number of carbonyl (C=O) groups is 1. The summed E-state index contributed by atoms with van der Waals surface area (Å²) in [7, 11) is 0. The van der Waals surface area contributed by atoms with Crippen LogP contribution >= 0.6 is 0 Å². The van der Waals surface area contributed by atoms with Gasteiger partial charge in [-0.3, -0.25) is 14.7 Å². The number of amides is 1. The predicted molar refractivity (Wildman–Crippen MR) is 101 cm³/mol. The second-order valence-corrected chi connectivity index (χ2v) is 7.15. The molecule has 0 radical (unpaired) electrons. The summed E-state index contributed by atoms with van der Waals surface area (Å²) < 4.78 is 5.49. The third-order valence-electron chi connectivity index (χ3n) is 5.07. The first-order valence-electron chi connectivity index (χ1n) is 9.63. The summed E-state index contributed by atoms with van der Waals surface area (Å²) in [5, 5.41) is 3.42. The molecule has 1 N–H and O–H groups in total. The molecule has 0 aliphatic carbocycles. The fourth-order valence-corrected chi connectivity index (χ4v) is 3.50. The van der Waals surface area contributed by atoms with Crippen molar-refractivity contribution in [2.45, 2.75) is 33.7 Å². The Bertz CT molecular complexity index is 441. The number of nitrogens with one attached hydrogen (secondary N) is 1. The van der Waals surface area contributed by atoms with Crippen molar-refractivity contribution in [2.24, 2.45) is 10.9 Å². The van der Waals surface area contributed by atoms with E-state index >= 15 is 0 Å². The lowest BCUT2D eigenvalue weighted by molar-refractivity contribution is -0.130. The standard InChI is InChI=1S/C18H35N5O2/c1-5-19-18(23-8-6-21(7-9-23)16(4)24)20-14-17(15(2)3)22-10-12-25-13-11-22/h15,17H,5-14H2,1-4H3,(H,19,20). The second-order valence-electron chi connectivity index (χ2n) is 7.15. The minimum atomic E-state index is 0.161.